The van der Waals surface area contributed by atoms with Crippen LogP contribution >= 0.6 is 0 Å². The summed E-state index contributed by atoms with van der Waals surface area (Å²) in [6.07, 6.45) is 1.93. The van der Waals surface area contributed by atoms with Crippen LogP contribution in [0.25, 0.3) is 10.9 Å². The van der Waals surface area contributed by atoms with Crippen molar-refractivity contribution in [2.45, 2.75) is 0 Å². The van der Waals surface area contributed by atoms with Crippen molar-refractivity contribution in [1.82, 2.24) is 4.57 Å². The van der Waals surface area contributed by atoms with Crippen LogP contribution in [0.1, 0.15) is 31.8 Å². The van der Waals surface area contributed by atoms with Crippen LogP contribution in [0.2, 0.25) is 0 Å². The molecule has 0 unspecified atom stereocenters. The second kappa shape index (κ2) is 6.45. The molecule has 0 amide bonds. The first kappa shape index (κ1) is 16.0. The number of aromatic nitrogens is 1. The second-order valence-electron chi connectivity index (χ2n) is 6.27. The molecule has 4 rings (SSSR count). The summed E-state index contributed by atoms with van der Waals surface area (Å²) in [6.45, 7) is 0. The van der Waals surface area contributed by atoms with Gasteiger partial charge in [0.05, 0.1) is 0 Å². The minimum absolute atomic E-state index is 0.143. The zero-order valence-electron chi connectivity index (χ0n) is 14.3. The molecule has 3 heteroatoms. The molecule has 0 aliphatic rings. The number of nitrogens with zero attached hydrogens (tertiary/aromatic N) is 1. The van der Waals surface area contributed by atoms with Crippen LogP contribution in [0.4, 0.5) is 0 Å². The average molecular weight is 339 g/mol. The molecule has 0 bridgehead atoms. The molecule has 0 atom stereocenters. The van der Waals surface area contributed by atoms with Gasteiger partial charge in [0.25, 0.3) is 0 Å². The molecule has 0 radical (unpaired) electrons. The Morgan fingerprint density at radius 3 is 1.73 bits per heavy atom. The van der Waals surface area contributed by atoms with Crippen LogP contribution in [0.5, 0.6) is 0 Å². The fraction of sp³-hybridized carbons (Fsp3) is 0.0435. The molecule has 4 aromatic rings. The van der Waals surface area contributed by atoms with Gasteiger partial charge in [-0.3, -0.25) is 9.59 Å². The summed E-state index contributed by atoms with van der Waals surface area (Å²) in [5.41, 5.74) is 2.94. The van der Waals surface area contributed by atoms with E-state index in [1.54, 1.807) is 24.3 Å². The summed E-state index contributed by atoms with van der Waals surface area (Å²) in [5.74, 6) is -0.288. The molecule has 3 nitrogen and oxygen atoms in total. The third kappa shape index (κ3) is 2.74. The van der Waals surface area contributed by atoms with Crippen molar-refractivity contribution in [2.24, 2.45) is 7.05 Å². The SMILES string of the molecule is Cn1ccc2cc(C(=O)c3ccccc3)c(C(=O)c3ccccc3)cc21. The van der Waals surface area contributed by atoms with E-state index in [-0.39, 0.29) is 11.6 Å². The first-order valence-electron chi connectivity index (χ1n) is 8.44. The Labute approximate surface area is 151 Å². The second-order valence-corrected chi connectivity index (χ2v) is 6.27. The molecule has 0 aliphatic carbocycles. The summed E-state index contributed by atoms with van der Waals surface area (Å²) in [6, 6.07) is 23.7. The number of ketones is 2. The van der Waals surface area contributed by atoms with Gasteiger partial charge in [0.15, 0.2) is 11.6 Å². The van der Waals surface area contributed by atoms with E-state index in [0.717, 1.165) is 10.9 Å². The summed E-state index contributed by atoms with van der Waals surface area (Å²) in [5, 5.41) is 0.941. The lowest BCUT2D eigenvalue weighted by Gasteiger charge is -2.10. The number of hydrogen-bond donors (Lipinski definition) is 0. The molecule has 1 aromatic heterocycles. The smallest absolute Gasteiger partial charge is 0.193 e. The maximum atomic E-state index is 13.1. The minimum Gasteiger partial charge on any atom is -0.351 e. The summed E-state index contributed by atoms with van der Waals surface area (Å²) in [4.78, 5) is 26.2. The number of carbonyl (C=O) groups excluding carboxylic acids is 2. The molecular formula is C23H17NO2. The predicted octanol–water partition coefficient (Wildman–Crippen LogP) is 4.64. The lowest BCUT2D eigenvalue weighted by molar-refractivity contribution is 0.100. The molecular weight excluding hydrogens is 322 g/mol. The zero-order chi connectivity index (χ0) is 18.1. The normalized spacial score (nSPS) is 10.8. The number of aryl methyl sites for hydroxylation is 1. The number of rotatable bonds is 4. The summed E-state index contributed by atoms with van der Waals surface area (Å²) >= 11 is 0. The lowest BCUT2D eigenvalue weighted by Crippen LogP contribution is -2.11. The Kier molecular flexibility index (Phi) is 3.98. The highest BCUT2D eigenvalue weighted by atomic mass is 16.1. The van der Waals surface area contributed by atoms with Crippen LogP contribution in [-0.2, 0) is 7.05 Å². The standard InChI is InChI=1S/C23H17NO2/c1-24-13-12-18-14-19(22(25)16-8-4-2-5-9-16)20(15-21(18)24)23(26)17-10-6-3-7-11-17/h2-15H,1H3. The van der Waals surface area contributed by atoms with Crippen molar-refractivity contribution in [2.75, 3.05) is 0 Å². The topological polar surface area (TPSA) is 39.1 Å². The highest BCUT2D eigenvalue weighted by Crippen LogP contribution is 2.25. The van der Waals surface area contributed by atoms with Crippen molar-refractivity contribution in [3.63, 3.8) is 0 Å². The van der Waals surface area contributed by atoms with Gasteiger partial charge < -0.3 is 4.57 Å². The number of carbonyl (C=O) groups is 2. The Morgan fingerprint density at radius 2 is 1.19 bits per heavy atom. The average Bonchev–Trinajstić information content (AvgIpc) is 3.07. The van der Waals surface area contributed by atoms with Crippen molar-refractivity contribution < 1.29 is 9.59 Å². The van der Waals surface area contributed by atoms with Crippen LogP contribution in [-0.4, -0.2) is 16.1 Å². The molecule has 26 heavy (non-hydrogen) atoms. The van der Waals surface area contributed by atoms with Gasteiger partial charge in [-0.25, -0.2) is 0 Å². The monoisotopic (exact) mass is 339 g/mol. The van der Waals surface area contributed by atoms with Gasteiger partial charge in [-0.1, -0.05) is 60.7 Å². The van der Waals surface area contributed by atoms with E-state index < -0.39 is 0 Å². The first-order chi connectivity index (χ1) is 12.6. The summed E-state index contributed by atoms with van der Waals surface area (Å²) in [7, 11) is 1.93. The molecule has 1 heterocycles. The Morgan fingerprint density at radius 1 is 0.692 bits per heavy atom. The van der Waals surface area contributed by atoms with Crippen molar-refractivity contribution >= 4 is 22.5 Å². The van der Waals surface area contributed by atoms with E-state index >= 15 is 0 Å². The van der Waals surface area contributed by atoms with E-state index in [0.29, 0.717) is 22.3 Å². The van der Waals surface area contributed by atoms with Crippen molar-refractivity contribution in [3.8, 4) is 0 Å². The predicted molar refractivity (Wildman–Crippen MR) is 103 cm³/mol. The highest BCUT2D eigenvalue weighted by molar-refractivity contribution is 6.21. The van der Waals surface area contributed by atoms with Gasteiger partial charge in [-0.05, 0) is 18.2 Å². The maximum absolute atomic E-state index is 13.1. The fourth-order valence-electron chi connectivity index (χ4n) is 3.18. The van der Waals surface area contributed by atoms with Crippen LogP contribution in [0.15, 0.2) is 85.1 Å². The molecule has 126 valence electrons. The van der Waals surface area contributed by atoms with E-state index in [1.165, 1.54) is 0 Å². The molecule has 3 aromatic carbocycles. The van der Waals surface area contributed by atoms with E-state index in [2.05, 4.69) is 0 Å². The quantitative estimate of drug-likeness (QED) is 0.508. The van der Waals surface area contributed by atoms with Gasteiger partial charge in [0.2, 0.25) is 0 Å². The van der Waals surface area contributed by atoms with Crippen LogP contribution in [0, 0.1) is 0 Å². The first-order valence-corrected chi connectivity index (χ1v) is 8.44. The van der Waals surface area contributed by atoms with Crippen molar-refractivity contribution in [1.29, 1.82) is 0 Å². The molecule has 0 aliphatic heterocycles. The van der Waals surface area contributed by atoms with Gasteiger partial charge in [-0.15, -0.1) is 0 Å². The molecule has 0 spiro atoms. The maximum Gasteiger partial charge on any atom is 0.193 e. The van der Waals surface area contributed by atoms with Crippen LogP contribution < -0.4 is 0 Å². The van der Waals surface area contributed by atoms with Gasteiger partial charge in [0, 0.05) is 46.4 Å². The number of hydrogen-bond acceptors (Lipinski definition) is 2. The molecule has 0 N–H and O–H groups in total. The highest BCUT2D eigenvalue weighted by Gasteiger charge is 2.21. The molecule has 0 saturated carbocycles. The Hall–Kier alpha value is -3.46. The largest absolute Gasteiger partial charge is 0.351 e. The third-order valence-electron chi connectivity index (χ3n) is 4.59. The van der Waals surface area contributed by atoms with E-state index in [4.69, 9.17) is 0 Å². The number of fused-ring (bicyclic) bond motifs is 1. The third-order valence-corrected chi connectivity index (χ3v) is 4.59. The van der Waals surface area contributed by atoms with E-state index in [9.17, 15) is 9.59 Å². The molecule has 0 fully saturated rings. The Bertz CT molecular complexity index is 1110. The molecule has 0 saturated heterocycles. The van der Waals surface area contributed by atoms with Gasteiger partial charge >= 0.3 is 0 Å². The van der Waals surface area contributed by atoms with Gasteiger partial charge in [-0.2, -0.15) is 0 Å². The lowest BCUT2D eigenvalue weighted by atomic mass is 9.92. The fourth-order valence-corrected chi connectivity index (χ4v) is 3.18. The van der Waals surface area contributed by atoms with Gasteiger partial charge in [0.1, 0.15) is 0 Å². The summed E-state index contributed by atoms with van der Waals surface area (Å²) < 4.78 is 1.95. The zero-order valence-corrected chi connectivity index (χ0v) is 14.3. The van der Waals surface area contributed by atoms with Crippen molar-refractivity contribution in [3.05, 3.63) is 107 Å². The van der Waals surface area contributed by atoms with E-state index in [1.807, 2.05) is 72.4 Å². The minimum atomic E-state index is -0.145. The Balaban J connectivity index is 1.93. The van der Waals surface area contributed by atoms with Crippen LogP contribution in [0.3, 0.4) is 0 Å². The number of benzene rings is 3.